The smallest absolute Gasteiger partial charge is 0.303 e. The highest BCUT2D eigenvalue weighted by Gasteiger charge is 2.41. The first-order valence-electron chi connectivity index (χ1n) is 8.71. The number of carbonyl (C=O) groups is 1. The third kappa shape index (κ3) is 3.34. The fourth-order valence-corrected chi connectivity index (χ4v) is 4.44. The van der Waals surface area contributed by atoms with Crippen molar-refractivity contribution in [2.45, 2.75) is 58.4 Å². The summed E-state index contributed by atoms with van der Waals surface area (Å²) in [5.74, 6) is 2.72. The summed E-state index contributed by atoms with van der Waals surface area (Å²) in [5.41, 5.74) is 5.12. The number of nitriles is 1. The molecule has 0 saturated carbocycles. The molecule has 2 aliphatic heterocycles. The molecule has 0 bridgehead atoms. The first-order valence-corrected chi connectivity index (χ1v) is 8.71. The monoisotopic (exact) mass is 324 g/mol. The van der Waals surface area contributed by atoms with Gasteiger partial charge in [-0.3, -0.25) is 9.69 Å². The maximum Gasteiger partial charge on any atom is 0.303 e. The SMILES string of the molecule is CC(=O)OC1(C)CN(Cc2cc(C)c(C3CB(C#N)C3)c(C)c2)C1. The van der Waals surface area contributed by atoms with Crippen LogP contribution in [-0.4, -0.2) is 36.3 Å². The second-order valence-electron chi connectivity index (χ2n) is 7.83. The van der Waals surface area contributed by atoms with E-state index in [2.05, 4.69) is 36.8 Å². The number of nitrogens with zero attached hydrogens (tertiary/aromatic N) is 2. The molecule has 2 fully saturated rings. The van der Waals surface area contributed by atoms with Gasteiger partial charge in [-0.15, -0.1) is 0 Å². The first-order chi connectivity index (χ1) is 11.3. The molecule has 0 aliphatic carbocycles. The summed E-state index contributed by atoms with van der Waals surface area (Å²) >= 11 is 0. The van der Waals surface area contributed by atoms with Gasteiger partial charge in [0.25, 0.3) is 6.71 Å². The Morgan fingerprint density at radius 1 is 1.38 bits per heavy atom. The predicted molar refractivity (Wildman–Crippen MR) is 95.1 cm³/mol. The maximum atomic E-state index is 11.1. The van der Waals surface area contributed by atoms with Crippen LogP contribution in [0.3, 0.4) is 0 Å². The molecule has 4 nitrogen and oxygen atoms in total. The van der Waals surface area contributed by atoms with Gasteiger partial charge in [-0.1, -0.05) is 24.8 Å². The Hall–Kier alpha value is -1.80. The Kier molecular flexibility index (Phi) is 4.44. The highest BCUT2D eigenvalue weighted by Crippen LogP contribution is 2.41. The van der Waals surface area contributed by atoms with Crippen molar-refractivity contribution < 1.29 is 9.53 Å². The fourth-order valence-electron chi connectivity index (χ4n) is 4.44. The fraction of sp³-hybridized carbons (Fsp3) is 0.579. The molecule has 0 atom stereocenters. The van der Waals surface area contributed by atoms with E-state index in [0.717, 1.165) is 32.3 Å². The third-order valence-electron chi connectivity index (χ3n) is 5.29. The van der Waals surface area contributed by atoms with Gasteiger partial charge < -0.3 is 4.74 Å². The van der Waals surface area contributed by atoms with Crippen LogP contribution in [0.25, 0.3) is 0 Å². The van der Waals surface area contributed by atoms with Crippen molar-refractivity contribution in [1.82, 2.24) is 4.90 Å². The van der Waals surface area contributed by atoms with Crippen molar-refractivity contribution in [1.29, 1.82) is 5.26 Å². The van der Waals surface area contributed by atoms with Crippen LogP contribution in [0.1, 0.15) is 42.0 Å². The number of benzene rings is 1. The highest BCUT2D eigenvalue weighted by atomic mass is 16.6. The van der Waals surface area contributed by atoms with Gasteiger partial charge in [0.05, 0.1) is 0 Å². The van der Waals surface area contributed by atoms with Crippen LogP contribution in [0.4, 0.5) is 0 Å². The van der Waals surface area contributed by atoms with Crippen molar-refractivity contribution in [3.05, 3.63) is 34.4 Å². The van der Waals surface area contributed by atoms with E-state index in [0.29, 0.717) is 5.92 Å². The molecule has 0 N–H and O–H groups in total. The average Bonchev–Trinajstić information content (AvgIpc) is 2.37. The number of hydrogen-bond acceptors (Lipinski definition) is 4. The van der Waals surface area contributed by atoms with Crippen LogP contribution in [0, 0.1) is 25.1 Å². The van der Waals surface area contributed by atoms with Gasteiger partial charge >= 0.3 is 5.97 Å². The van der Waals surface area contributed by atoms with Crippen LogP contribution < -0.4 is 0 Å². The van der Waals surface area contributed by atoms with E-state index in [1.54, 1.807) is 0 Å². The normalized spacial score (nSPS) is 20.0. The van der Waals surface area contributed by atoms with Gasteiger partial charge in [-0.05, 0) is 48.9 Å². The van der Waals surface area contributed by atoms with Gasteiger partial charge in [0.1, 0.15) is 5.60 Å². The Morgan fingerprint density at radius 2 is 1.96 bits per heavy atom. The number of aryl methyl sites for hydroxylation is 2. The molecule has 2 heterocycles. The number of ether oxygens (including phenoxy) is 1. The summed E-state index contributed by atoms with van der Waals surface area (Å²) in [6.45, 7) is 10.6. The molecule has 0 radical (unpaired) electrons. The molecular formula is C19H25BN2O2. The topological polar surface area (TPSA) is 53.3 Å². The molecule has 126 valence electrons. The van der Waals surface area contributed by atoms with E-state index in [-0.39, 0.29) is 18.3 Å². The first kappa shape index (κ1) is 17.0. The molecule has 2 saturated heterocycles. The molecular weight excluding hydrogens is 299 g/mol. The van der Waals surface area contributed by atoms with E-state index in [1.807, 2.05) is 6.92 Å². The minimum atomic E-state index is -0.325. The number of esters is 1. The summed E-state index contributed by atoms with van der Waals surface area (Å²) in [4.78, 5) is 13.4. The van der Waals surface area contributed by atoms with Crippen LogP contribution in [0.2, 0.25) is 12.6 Å². The van der Waals surface area contributed by atoms with E-state index in [9.17, 15) is 4.79 Å². The van der Waals surface area contributed by atoms with Gasteiger partial charge in [0.2, 0.25) is 0 Å². The molecule has 24 heavy (non-hydrogen) atoms. The molecule has 3 rings (SSSR count). The summed E-state index contributed by atoms with van der Waals surface area (Å²) in [6, 6.07) is 4.56. The number of carbonyl (C=O) groups excluding carboxylic acids is 1. The lowest BCUT2D eigenvalue weighted by Crippen LogP contribution is -2.61. The van der Waals surface area contributed by atoms with Crippen LogP contribution in [0.5, 0.6) is 0 Å². The van der Waals surface area contributed by atoms with Crippen molar-refractivity contribution in [3.8, 4) is 5.97 Å². The zero-order valence-corrected chi connectivity index (χ0v) is 15.1. The van der Waals surface area contributed by atoms with Gasteiger partial charge in [0, 0.05) is 32.5 Å². The molecule has 0 spiro atoms. The lowest BCUT2D eigenvalue weighted by Gasteiger charge is -2.47. The van der Waals surface area contributed by atoms with Crippen molar-refractivity contribution in [2.75, 3.05) is 13.1 Å². The van der Waals surface area contributed by atoms with Gasteiger partial charge in [-0.2, -0.15) is 0 Å². The van der Waals surface area contributed by atoms with Crippen molar-refractivity contribution >= 4 is 12.7 Å². The van der Waals surface area contributed by atoms with E-state index >= 15 is 0 Å². The number of rotatable bonds is 4. The van der Waals surface area contributed by atoms with E-state index in [4.69, 9.17) is 10.00 Å². The zero-order chi connectivity index (χ0) is 17.5. The van der Waals surface area contributed by atoms with Crippen LogP contribution >= 0.6 is 0 Å². The predicted octanol–water partition coefficient (Wildman–Crippen LogP) is 3.10. The van der Waals surface area contributed by atoms with Crippen molar-refractivity contribution in [2.24, 2.45) is 0 Å². The largest absolute Gasteiger partial charge is 0.457 e. The zero-order valence-electron chi connectivity index (χ0n) is 15.1. The standard InChI is InChI=1S/C19H25BN2O2/c1-13-5-16(9-22-10-19(4,11-22)24-15(3)23)6-14(2)18(13)17-7-20(8-17)12-21/h5-6,17H,7-11H2,1-4H3. The summed E-state index contributed by atoms with van der Waals surface area (Å²) in [6.07, 6.45) is 2.01. The molecule has 0 amide bonds. The summed E-state index contributed by atoms with van der Waals surface area (Å²) in [5, 5.41) is 8.98. The quantitative estimate of drug-likeness (QED) is 0.631. The Morgan fingerprint density at radius 3 is 2.46 bits per heavy atom. The molecule has 2 aliphatic rings. The van der Waals surface area contributed by atoms with Crippen LogP contribution in [-0.2, 0) is 16.1 Å². The van der Waals surface area contributed by atoms with Crippen LogP contribution in [0.15, 0.2) is 12.1 Å². The van der Waals surface area contributed by atoms with Gasteiger partial charge in [0.15, 0.2) is 0 Å². The van der Waals surface area contributed by atoms with Gasteiger partial charge in [-0.25, -0.2) is 5.26 Å². The Labute approximate surface area is 144 Å². The minimum Gasteiger partial charge on any atom is -0.457 e. The van der Waals surface area contributed by atoms with Crippen molar-refractivity contribution in [3.63, 3.8) is 0 Å². The number of likely N-dealkylation sites (tertiary alicyclic amines) is 1. The second-order valence-corrected chi connectivity index (χ2v) is 7.83. The maximum absolute atomic E-state index is 11.1. The second kappa shape index (κ2) is 6.25. The third-order valence-corrected chi connectivity index (χ3v) is 5.29. The summed E-state index contributed by atoms with van der Waals surface area (Å²) in [7, 11) is 0. The lowest BCUT2D eigenvalue weighted by molar-refractivity contribution is -0.174. The molecule has 1 aromatic carbocycles. The highest BCUT2D eigenvalue weighted by molar-refractivity contribution is 6.70. The average molecular weight is 324 g/mol. The Balaban J connectivity index is 1.63. The van der Waals surface area contributed by atoms with E-state index in [1.165, 1.54) is 29.2 Å². The van der Waals surface area contributed by atoms with E-state index < -0.39 is 0 Å². The molecule has 0 aromatic heterocycles. The molecule has 5 heteroatoms. The molecule has 0 unspecified atom stereocenters. The minimum absolute atomic E-state index is 0.204. The summed E-state index contributed by atoms with van der Waals surface area (Å²) < 4.78 is 5.38. The molecule has 1 aromatic rings. The lowest BCUT2D eigenvalue weighted by atomic mass is 9.32. The number of hydrogen-bond donors (Lipinski definition) is 0. The Bertz CT molecular complexity index is 675.